The molecule has 0 amide bonds. The van der Waals surface area contributed by atoms with E-state index in [4.69, 9.17) is 14.2 Å². The van der Waals surface area contributed by atoms with Crippen molar-refractivity contribution in [2.24, 2.45) is 0 Å². The van der Waals surface area contributed by atoms with Crippen LogP contribution in [0, 0.1) is 0 Å². The predicted octanol–water partition coefficient (Wildman–Crippen LogP) is 3.52. The number of hydrogen-bond acceptors (Lipinski definition) is 4. The summed E-state index contributed by atoms with van der Waals surface area (Å²) in [5.41, 5.74) is 0. The monoisotopic (exact) mass is 348 g/mol. The zero-order chi connectivity index (χ0) is 17.6. The number of benzene rings is 1. The first-order chi connectivity index (χ1) is 11.7. The van der Waals surface area contributed by atoms with Crippen molar-refractivity contribution >= 4 is 20.7 Å². The molecule has 0 aliphatic rings. The van der Waals surface area contributed by atoms with E-state index in [1.165, 1.54) is 11.3 Å². The molecule has 2 radical (unpaired) electrons. The molecule has 0 saturated heterocycles. The van der Waals surface area contributed by atoms with Gasteiger partial charge in [-0.1, -0.05) is 44.0 Å². The molecule has 0 unspecified atom stereocenters. The lowest BCUT2D eigenvalue weighted by molar-refractivity contribution is -0.137. The second kappa shape index (κ2) is 12.6. The predicted molar refractivity (Wildman–Crippen MR) is 98.6 cm³/mol. The largest absolute Gasteiger partial charge is 0.490 e. The van der Waals surface area contributed by atoms with Gasteiger partial charge < -0.3 is 14.2 Å². The van der Waals surface area contributed by atoms with Gasteiger partial charge in [0.1, 0.15) is 0 Å². The average Bonchev–Trinajstić information content (AvgIpc) is 2.59. The maximum Gasteiger partial charge on any atom is 0.330 e. The van der Waals surface area contributed by atoms with Gasteiger partial charge in [0, 0.05) is 6.08 Å². The molecular formula is C19H28O4Si. The molecule has 1 aromatic carbocycles. The van der Waals surface area contributed by atoms with Crippen molar-refractivity contribution in [2.75, 3.05) is 19.8 Å². The summed E-state index contributed by atoms with van der Waals surface area (Å²) in [5, 5.41) is 1.24. The fraction of sp³-hybridized carbons (Fsp3) is 0.526. The third-order valence-electron chi connectivity index (χ3n) is 3.36. The number of para-hydroxylation sites is 1. The van der Waals surface area contributed by atoms with Crippen molar-refractivity contribution in [1.29, 1.82) is 0 Å². The Hall–Kier alpha value is -1.75. The van der Waals surface area contributed by atoms with Crippen LogP contribution in [0.5, 0.6) is 11.5 Å². The van der Waals surface area contributed by atoms with E-state index in [-0.39, 0.29) is 5.97 Å². The van der Waals surface area contributed by atoms with Crippen molar-refractivity contribution in [1.82, 2.24) is 0 Å². The van der Waals surface area contributed by atoms with Crippen LogP contribution in [0.25, 0.3) is 0 Å². The number of ether oxygens (including phenoxy) is 3. The molecule has 0 aliphatic heterocycles. The topological polar surface area (TPSA) is 44.8 Å². The Morgan fingerprint density at radius 2 is 1.88 bits per heavy atom. The molecule has 0 heterocycles. The molecule has 0 N–H and O–H groups in total. The second-order valence-electron chi connectivity index (χ2n) is 5.21. The molecule has 0 aromatic heterocycles. The first-order valence-electron chi connectivity index (χ1n) is 8.64. The van der Waals surface area contributed by atoms with Crippen LogP contribution in [0.2, 0.25) is 6.04 Å². The third kappa shape index (κ3) is 7.68. The van der Waals surface area contributed by atoms with Crippen LogP contribution in [-0.4, -0.2) is 35.3 Å². The lowest BCUT2D eigenvalue weighted by Gasteiger charge is -2.14. The number of rotatable bonds is 13. The van der Waals surface area contributed by atoms with Crippen LogP contribution >= 0.6 is 0 Å². The third-order valence-corrected chi connectivity index (χ3v) is 4.74. The van der Waals surface area contributed by atoms with Crippen LogP contribution in [0.4, 0.5) is 0 Å². The highest BCUT2D eigenvalue weighted by Gasteiger charge is 2.10. The second-order valence-corrected chi connectivity index (χ2v) is 6.60. The Morgan fingerprint density at radius 3 is 2.58 bits per heavy atom. The van der Waals surface area contributed by atoms with Crippen molar-refractivity contribution in [3.8, 4) is 11.5 Å². The minimum atomic E-state index is -0.339. The molecule has 0 aliphatic carbocycles. The molecule has 5 heteroatoms. The summed E-state index contributed by atoms with van der Waals surface area (Å²) in [4.78, 5) is 10.9. The van der Waals surface area contributed by atoms with Crippen LogP contribution in [-0.2, 0) is 9.53 Å². The van der Waals surface area contributed by atoms with E-state index >= 15 is 0 Å². The smallest absolute Gasteiger partial charge is 0.330 e. The first-order valence-corrected chi connectivity index (χ1v) is 9.85. The fourth-order valence-corrected chi connectivity index (χ4v) is 3.52. The van der Waals surface area contributed by atoms with Gasteiger partial charge in [0.25, 0.3) is 0 Å². The molecule has 0 fully saturated rings. The lowest BCUT2D eigenvalue weighted by Crippen LogP contribution is -2.18. The van der Waals surface area contributed by atoms with Crippen LogP contribution in [0.1, 0.15) is 39.5 Å². The zero-order valence-corrected chi connectivity index (χ0v) is 15.8. The molecule has 4 nitrogen and oxygen atoms in total. The van der Waals surface area contributed by atoms with Crippen LogP contribution < -0.4 is 14.7 Å². The van der Waals surface area contributed by atoms with Gasteiger partial charge >= 0.3 is 5.97 Å². The molecule has 1 aromatic rings. The Morgan fingerprint density at radius 1 is 1.12 bits per heavy atom. The van der Waals surface area contributed by atoms with Gasteiger partial charge in [-0.05, 0) is 31.5 Å². The van der Waals surface area contributed by atoms with E-state index < -0.39 is 0 Å². The maximum absolute atomic E-state index is 10.9. The standard InChI is InChI=1S/C19H28O4Si/c1-4-18(20)23-14-9-7-8-10-15-24-17-13-11-12-16(21-5-2)19(17)22-6-3/h4,11-13H,1,5-10,14-15H2,2-3H3. The van der Waals surface area contributed by atoms with Gasteiger partial charge in [0.05, 0.1) is 29.3 Å². The van der Waals surface area contributed by atoms with Crippen molar-refractivity contribution < 1.29 is 19.0 Å². The summed E-state index contributed by atoms with van der Waals surface area (Å²) >= 11 is 0. The summed E-state index contributed by atoms with van der Waals surface area (Å²) in [6.45, 7) is 9.12. The summed E-state index contributed by atoms with van der Waals surface area (Å²) in [5.74, 6) is 1.40. The number of unbranched alkanes of at least 4 members (excludes halogenated alkanes) is 3. The fourth-order valence-electron chi connectivity index (χ4n) is 2.25. The van der Waals surface area contributed by atoms with E-state index in [9.17, 15) is 4.79 Å². The molecule has 0 bridgehead atoms. The Bertz CT molecular complexity index is 502. The molecular weight excluding hydrogens is 320 g/mol. The van der Waals surface area contributed by atoms with Gasteiger partial charge in [-0.25, -0.2) is 4.79 Å². The van der Waals surface area contributed by atoms with E-state index in [1.807, 2.05) is 26.0 Å². The molecule has 0 spiro atoms. The Balaban J connectivity index is 2.30. The van der Waals surface area contributed by atoms with Gasteiger partial charge in [-0.3, -0.25) is 0 Å². The van der Waals surface area contributed by atoms with E-state index in [0.29, 0.717) is 19.8 Å². The maximum atomic E-state index is 10.9. The van der Waals surface area contributed by atoms with Crippen LogP contribution in [0.3, 0.4) is 0 Å². The summed E-state index contributed by atoms with van der Waals surface area (Å²) in [6, 6.07) is 7.26. The minimum absolute atomic E-state index is 0.339. The SMILES string of the molecule is C=CC(=O)OCCCCCC[Si]c1cccc(OCC)c1OCC. The summed E-state index contributed by atoms with van der Waals surface area (Å²) in [6.07, 6.45) is 5.50. The van der Waals surface area contributed by atoms with Crippen molar-refractivity contribution in [3.63, 3.8) is 0 Å². The van der Waals surface area contributed by atoms with Crippen LogP contribution in [0.15, 0.2) is 30.9 Å². The number of carbonyl (C=O) groups excluding carboxylic acids is 1. The number of esters is 1. The zero-order valence-electron chi connectivity index (χ0n) is 14.8. The van der Waals surface area contributed by atoms with E-state index in [1.54, 1.807) is 0 Å². The Kier molecular flexibility index (Phi) is 10.7. The molecule has 132 valence electrons. The van der Waals surface area contributed by atoms with Gasteiger partial charge in [-0.15, -0.1) is 0 Å². The highest BCUT2D eigenvalue weighted by atomic mass is 28.2. The Labute approximate surface area is 148 Å². The normalized spacial score (nSPS) is 10.2. The molecule has 1 rings (SSSR count). The number of hydrogen-bond donors (Lipinski definition) is 0. The first kappa shape index (κ1) is 20.3. The summed E-state index contributed by atoms with van der Waals surface area (Å²) < 4.78 is 16.4. The number of carbonyl (C=O) groups is 1. The van der Waals surface area contributed by atoms with E-state index in [2.05, 4.69) is 12.6 Å². The summed E-state index contributed by atoms with van der Waals surface area (Å²) in [7, 11) is 0.718. The lowest BCUT2D eigenvalue weighted by atomic mass is 10.2. The van der Waals surface area contributed by atoms with Gasteiger partial charge in [-0.2, -0.15) is 0 Å². The average molecular weight is 349 g/mol. The molecule has 0 atom stereocenters. The minimum Gasteiger partial charge on any atom is -0.490 e. The highest BCUT2D eigenvalue weighted by molar-refractivity contribution is 6.54. The quantitative estimate of drug-likeness (QED) is 0.237. The van der Waals surface area contributed by atoms with Gasteiger partial charge in [0.15, 0.2) is 11.5 Å². The molecule has 24 heavy (non-hydrogen) atoms. The van der Waals surface area contributed by atoms with Gasteiger partial charge in [0.2, 0.25) is 0 Å². The van der Waals surface area contributed by atoms with E-state index in [0.717, 1.165) is 52.7 Å². The highest BCUT2D eigenvalue weighted by Crippen LogP contribution is 2.24. The molecule has 0 saturated carbocycles. The van der Waals surface area contributed by atoms with Crippen molar-refractivity contribution in [3.05, 3.63) is 30.9 Å². The van der Waals surface area contributed by atoms with Crippen molar-refractivity contribution in [2.45, 2.75) is 45.6 Å².